The highest BCUT2D eigenvalue weighted by Crippen LogP contribution is 2.49. The van der Waals surface area contributed by atoms with E-state index in [4.69, 9.17) is 4.74 Å². The average Bonchev–Trinajstić information content (AvgIpc) is 2.87. The lowest BCUT2D eigenvalue weighted by atomic mass is 9.77. The van der Waals surface area contributed by atoms with Crippen molar-refractivity contribution in [3.63, 3.8) is 0 Å². The molecule has 4 rings (SSSR count). The zero-order chi connectivity index (χ0) is 15.5. The highest BCUT2D eigenvalue weighted by Gasteiger charge is 2.39. The summed E-state index contributed by atoms with van der Waals surface area (Å²) in [4.78, 5) is 8.24. The molecule has 120 valence electrons. The van der Waals surface area contributed by atoms with Gasteiger partial charge in [-0.05, 0) is 67.7 Å². The molecule has 4 nitrogen and oxygen atoms in total. The summed E-state index contributed by atoms with van der Waals surface area (Å²) in [5.74, 6) is 3.80. The van der Waals surface area contributed by atoms with Crippen LogP contribution in [0.3, 0.4) is 0 Å². The number of benzene rings is 1. The molecule has 0 bridgehead atoms. The van der Waals surface area contributed by atoms with E-state index < -0.39 is 0 Å². The summed E-state index contributed by atoms with van der Waals surface area (Å²) in [6.07, 6.45) is 10.9. The molecule has 0 radical (unpaired) electrons. The van der Waals surface area contributed by atoms with Crippen molar-refractivity contribution >= 4 is 5.69 Å². The van der Waals surface area contributed by atoms with Gasteiger partial charge in [-0.25, -0.2) is 0 Å². The molecule has 1 unspecified atom stereocenters. The Hall–Kier alpha value is -2.10. The number of hydrogen-bond donors (Lipinski definition) is 1. The third-order valence-electron chi connectivity index (χ3n) is 5.30. The van der Waals surface area contributed by atoms with Crippen molar-refractivity contribution in [2.75, 3.05) is 11.9 Å². The van der Waals surface area contributed by atoms with Crippen LogP contribution in [0, 0.1) is 17.8 Å². The van der Waals surface area contributed by atoms with Crippen molar-refractivity contribution in [1.82, 2.24) is 9.97 Å². The van der Waals surface area contributed by atoms with Crippen LogP contribution in [0.2, 0.25) is 0 Å². The molecule has 0 amide bonds. The van der Waals surface area contributed by atoms with Gasteiger partial charge in [0.15, 0.2) is 0 Å². The zero-order valence-electron chi connectivity index (χ0n) is 13.3. The number of fused-ring (bicyclic) bond motifs is 1. The van der Waals surface area contributed by atoms with Crippen LogP contribution in [-0.4, -0.2) is 16.5 Å². The van der Waals surface area contributed by atoms with E-state index in [2.05, 4.69) is 27.4 Å². The first-order chi connectivity index (χ1) is 11.4. The third kappa shape index (κ3) is 3.46. The van der Waals surface area contributed by atoms with E-state index >= 15 is 0 Å². The van der Waals surface area contributed by atoms with Crippen LogP contribution in [0.1, 0.15) is 31.4 Å². The largest absolute Gasteiger partial charge is 0.487 e. The minimum atomic E-state index is 0.450. The van der Waals surface area contributed by atoms with Gasteiger partial charge >= 0.3 is 0 Å². The normalized spacial score (nSPS) is 25.5. The molecule has 2 aliphatic carbocycles. The fraction of sp³-hybridized carbons (Fsp3) is 0.474. The van der Waals surface area contributed by atoms with Crippen LogP contribution in [0.5, 0.6) is 5.75 Å². The molecule has 1 aromatic carbocycles. The van der Waals surface area contributed by atoms with Crippen LogP contribution < -0.4 is 10.1 Å². The standard InChI is InChI=1S/C19H23N3O/c1-2-16-10-14(9-15(1)16)11-22-17-3-5-19(6-4-17)23-13-18-12-20-7-8-21-18/h3-8,12,14-16,22H,1-2,9-11,13H2/t14?,15-,16+. The maximum Gasteiger partial charge on any atom is 0.132 e. The molecule has 3 atom stereocenters. The van der Waals surface area contributed by atoms with Crippen LogP contribution in [0.25, 0.3) is 0 Å². The van der Waals surface area contributed by atoms with Gasteiger partial charge in [0, 0.05) is 24.6 Å². The summed E-state index contributed by atoms with van der Waals surface area (Å²) in [7, 11) is 0. The van der Waals surface area contributed by atoms with Gasteiger partial charge in [0.1, 0.15) is 12.4 Å². The smallest absolute Gasteiger partial charge is 0.132 e. The summed E-state index contributed by atoms with van der Waals surface area (Å²) < 4.78 is 5.73. The number of hydrogen-bond acceptors (Lipinski definition) is 4. The van der Waals surface area contributed by atoms with Gasteiger partial charge in [-0.15, -0.1) is 0 Å². The maximum atomic E-state index is 5.73. The Labute approximate surface area is 137 Å². The van der Waals surface area contributed by atoms with E-state index in [9.17, 15) is 0 Å². The Balaban J connectivity index is 1.24. The van der Waals surface area contributed by atoms with E-state index in [1.54, 1.807) is 18.6 Å². The van der Waals surface area contributed by atoms with Gasteiger partial charge in [-0.1, -0.05) is 0 Å². The Morgan fingerprint density at radius 1 is 1.04 bits per heavy atom. The second kappa shape index (κ2) is 6.57. The fourth-order valence-corrected chi connectivity index (χ4v) is 3.87. The molecule has 1 aromatic heterocycles. The average molecular weight is 309 g/mol. The molecular weight excluding hydrogens is 286 g/mol. The highest BCUT2D eigenvalue weighted by atomic mass is 16.5. The summed E-state index contributed by atoms with van der Waals surface area (Å²) in [6.45, 7) is 1.55. The molecule has 0 aliphatic heterocycles. The molecule has 23 heavy (non-hydrogen) atoms. The van der Waals surface area contributed by atoms with E-state index in [1.807, 2.05) is 12.1 Å². The molecule has 1 N–H and O–H groups in total. The summed E-state index contributed by atoms with van der Waals surface area (Å²) >= 11 is 0. The number of nitrogens with zero attached hydrogens (tertiary/aromatic N) is 2. The van der Waals surface area contributed by atoms with E-state index in [0.717, 1.165) is 35.7 Å². The molecule has 2 saturated carbocycles. The van der Waals surface area contributed by atoms with Crippen LogP contribution >= 0.6 is 0 Å². The second-order valence-corrected chi connectivity index (χ2v) is 6.83. The Morgan fingerprint density at radius 3 is 2.48 bits per heavy atom. The monoisotopic (exact) mass is 309 g/mol. The Morgan fingerprint density at radius 2 is 1.83 bits per heavy atom. The summed E-state index contributed by atoms with van der Waals surface area (Å²) in [5.41, 5.74) is 2.02. The lowest BCUT2D eigenvalue weighted by molar-refractivity contribution is 0.219. The van der Waals surface area contributed by atoms with Crippen LogP contribution in [-0.2, 0) is 6.61 Å². The molecule has 2 aromatic rings. The van der Waals surface area contributed by atoms with E-state index in [0.29, 0.717) is 6.61 Å². The quantitative estimate of drug-likeness (QED) is 0.879. The molecular formula is C19H23N3O. The van der Waals surface area contributed by atoms with Gasteiger partial charge < -0.3 is 10.1 Å². The van der Waals surface area contributed by atoms with E-state index in [1.165, 1.54) is 31.4 Å². The van der Waals surface area contributed by atoms with Crippen molar-refractivity contribution in [3.8, 4) is 5.75 Å². The van der Waals surface area contributed by atoms with Gasteiger partial charge in [0.25, 0.3) is 0 Å². The predicted octanol–water partition coefficient (Wildman–Crippen LogP) is 3.90. The third-order valence-corrected chi connectivity index (χ3v) is 5.30. The van der Waals surface area contributed by atoms with Crippen molar-refractivity contribution in [2.24, 2.45) is 17.8 Å². The number of rotatable bonds is 6. The van der Waals surface area contributed by atoms with E-state index in [-0.39, 0.29) is 0 Å². The predicted molar refractivity (Wildman–Crippen MR) is 90.2 cm³/mol. The maximum absolute atomic E-state index is 5.73. The minimum absolute atomic E-state index is 0.450. The van der Waals surface area contributed by atoms with Crippen molar-refractivity contribution in [2.45, 2.75) is 32.3 Å². The first-order valence-corrected chi connectivity index (χ1v) is 8.58. The Kier molecular flexibility index (Phi) is 4.14. The SMILES string of the molecule is c1cnc(COc2ccc(NCC3C[C@H]4CC[C@H]4C3)cc2)cn1. The van der Waals surface area contributed by atoms with Gasteiger partial charge in [0.05, 0.1) is 11.9 Å². The number of nitrogens with one attached hydrogen (secondary N) is 1. The highest BCUT2D eigenvalue weighted by molar-refractivity contribution is 5.46. The molecule has 0 spiro atoms. The Bertz CT molecular complexity index is 617. The molecule has 0 saturated heterocycles. The van der Waals surface area contributed by atoms with Crippen LogP contribution in [0.4, 0.5) is 5.69 Å². The van der Waals surface area contributed by atoms with Crippen molar-refractivity contribution < 1.29 is 4.74 Å². The number of ether oxygens (including phenoxy) is 1. The zero-order valence-corrected chi connectivity index (χ0v) is 13.3. The lowest BCUT2D eigenvalue weighted by Crippen LogP contribution is -2.18. The minimum Gasteiger partial charge on any atom is -0.487 e. The molecule has 1 heterocycles. The molecule has 2 fully saturated rings. The number of anilines is 1. The van der Waals surface area contributed by atoms with Gasteiger partial charge in [0.2, 0.25) is 0 Å². The van der Waals surface area contributed by atoms with Crippen molar-refractivity contribution in [3.05, 3.63) is 48.5 Å². The van der Waals surface area contributed by atoms with Gasteiger partial charge in [-0.3, -0.25) is 9.97 Å². The topological polar surface area (TPSA) is 47.0 Å². The molecule has 2 aliphatic rings. The molecule has 4 heteroatoms. The van der Waals surface area contributed by atoms with Gasteiger partial charge in [-0.2, -0.15) is 0 Å². The summed E-state index contributed by atoms with van der Waals surface area (Å²) in [5, 5.41) is 3.58. The van der Waals surface area contributed by atoms with Crippen molar-refractivity contribution in [1.29, 1.82) is 0 Å². The lowest BCUT2D eigenvalue weighted by Gasteiger charge is -2.29. The fourth-order valence-electron chi connectivity index (χ4n) is 3.87. The first kappa shape index (κ1) is 14.5. The van der Waals surface area contributed by atoms with Crippen LogP contribution in [0.15, 0.2) is 42.9 Å². The summed E-state index contributed by atoms with van der Waals surface area (Å²) in [6, 6.07) is 8.21. The number of aromatic nitrogens is 2. The first-order valence-electron chi connectivity index (χ1n) is 8.58. The second-order valence-electron chi connectivity index (χ2n) is 6.83.